The zero-order valence-corrected chi connectivity index (χ0v) is 21.9. The number of para-hydroxylation sites is 1. The van der Waals surface area contributed by atoms with E-state index in [1.54, 1.807) is 36.0 Å². The Morgan fingerprint density at radius 3 is 2.79 bits per heavy atom. The number of terminal acetylenes is 1. The largest absolute Gasteiger partial charge is 0.508 e. The summed E-state index contributed by atoms with van der Waals surface area (Å²) in [6, 6.07) is 14.9. The first-order chi connectivity index (χ1) is 19.0. The summed E-state index contributed by atoms with van der Waals surface area (Å²) in [5, 5.41) is 24.6. The third kappa shape index (κ3) is 4.82. The summed E-state index contributed by atoms with van der Waals surface area (Å²) < 4.78 is 0. The number of carbonyl (C=O) groups is 2. The highest BCUT2D eigenvalue weighted by Crippen LogP contribution is 2.53. The molecule has 1 amide bonds. The van der Waals surface area contributed by atoms with Gasteiger partial charge in [-0.15, -0.1) is 24.1 Å². The summed E-state index contributed by atoms with van der Waals surface area (Å²) in [4.78, 5) is 28.1. The number of allylic oxidation sites excluding steroid dienone is 3. The molecule has 0 bridgehead atoms. The number of carbonyl (C=O) groups excluding carboxylic acids is 2. The Morgan fingerprint density at radius 1 is 1.15 bits per heavy atom. The van der Waals surface area contributed by atoms with Crippen molar-refractivity contribution < 1.29 is 14.7 Å². The summed E-state index contributed by atoms with van der Waals surface area (Å²) >= 11 is 1.57. The number of benzene rings is 2. The van der Waals surface area contributed by atoms with Gasteiger partial charge in [0.15, 0.2) is 11.4 Å². The molecule has 0 saturated heterocycles. The molecule has 3 N–H and O–H groups in total. The van der Waals surface area contributed by atoms with Crippen LogP contribution in [0.2, 0.25) is 0 Å². The second-order valence-corrected chi connectivity index (χ2v) is 10.9. The Kier molecular flexibility index (Phi) is 6.45. The van der Waals surface area contributed by atoms with Gasteiger partial charge in [-0.25, -0.2) is 0 Å². The van der Waals surface area contributed by atoms with E-state index in [1.807, 2.05) is 42.5 Å². The van der Waals surface area contributed by atoms with Crippen molar-refractivity contribution in [2.75, 3.05) is 11.9 Å². The molecule has 39 heavy (non-hydrogen) atoms. The van der Waals surface area contributed by atoms with E-state index in [0.29, 0.717) is 60.2 Å². The van der Waals surface area contributed by atoms with Crippen LogP contribution in [0.15, 0.2) is 110 Å². The van der Waals surface area contributed by atoms with E-state index in [4.69, 9.17) is 6.42 Å². The summed E-state index contributed by atoms with van der Waals surface area (Å²) in [7, 11) is 0. The Labute approximate surface area is 230 Å². The van der Waals surface area contributed by atoms with E-state index in [0.717, 1.165) is 16.1 Å². The van der Waals surface area contributed by atoms with E-state index in [2.05, 4.69) is 26.8 Å². The lowest BCUT2D eigenvalue weighted by molar-refractivity contribution is -0.117. The van der Waals surface area contributed by atoms with Crippen LogP contribution in [0.1, 0.15) is 36.5 Å². The lowest BCUT2D eigenvalue weighted by atomic mass is 10.0. The number of phenols is 1. The van der Waals surface area contributed by atoms with Crippen molar-refractivity contribution >= 4 is 29.1 Å². The predicted molar refractivity (Wildman–Crippen MR) is 151 cm³/mol. The molecule has 1 unspecified atom stereocenters. The molecule has 7 nitrogen and oxygen atoms in total. The lowest BCUT2D eigenvalue weighted by Crippen LogP contribution is -2.29. The molecule has 2 aromatic rings. The molecule has 0 spiro atoms. The fraction of sp³-hybridized carbons (Fsp3) is 0.226. The van der Waals surface area contributed by atoms with Gasteiger partial charge in [0.05, 0.1) is 16.6 Å². The molecule has 2 aliphatic carbocycles. The average molecular weight is 535 g/mol. The minimum atomic E-state index is -0.460. The van der Waals surface area contributed by atoms with Crippen LogP contribution in [0.4, 0.5) is 5.69 Å². The van der Waals surface area contributed by atoms with Crippen molar-refractivity contribution in [2.45, 2.75) is 41.5 Å². The number of hydrogen-bond acceptors (Lipinski definition) is 7. The van der Waals surface area contributed by atoms with Gasteiger partial charge in [0, 0.05) is 53.0 Å². The molecular formula is C31H26N4O3S. The van der Waals surface area contributed by atoms with E-state index in [1.165, 1.54) is 0 Å². The maximum atomic E-state index is 13.9. The minimum absolute atomic E-state index is 0.0696. The first-order valence-corrected chi connectivity index (χ1v) is 13.7. The summed E-state index contributed by atoms with van der Waals surface area (Å²) in [5.41, 5.74) is 4.37. The zero-order valence-electron chi connectivity index (χ0n) is 21.1. The molecule has 0 saturated carbocycles. The van der Waals surface area contributed by atoms with Crippen molar-refractivity contribution in [1.82, 2.24) is 5.32 Å². The molecule has 2 aromatic carbocycles. The van der Waals surface area contributed by atoms with E-state index in [9.17, 15) is 14.7 Å². The highest BCUT2D eigenvalue weighted by Gasteiger charge is 2.41. The van der Waals surface area contributed by atoms with Crippen LogP contribution < -0.4 is 10.6 Å². The number of nitrogens with one attached hydrogen (secondary N) is 2. The van der Waals surface area contributed by atoms with Crippen LogP contribution in [-0.2, 0) is 9.59 Å². The molecule has 8 heteroatoms. The Balaban J connectivity index is 1.32. The van der Waals surface area contributed by atoms with E-state index < -0.39 is 5.66 Å². The van der Waals surface area contributed by atoms with E-state index in [-0.39, 0.29) is 22.7 Å². The highest BCUT2D eigenvalue weighted by atomic mass is 32.2. The molecule has 0 aromatic heterocycles. The molecule has 2 aliphatic heterocycles. The average Bonchev–Trinajstić information content (AvgIpc) is 3.72. The quantitative estimate of drug-likeness (QED) is 0.393. The molecule has 1 atom stereocenters. The van der Waals surface area contributed by atoms with Crippen LogP contribution in [0.3, 0.4) is 0 Å². The van der Waals surface area contributed by atoms with Gasteiger partial charge in [0.1, 0.15) is 5.75 Å². The maximum Gasteiger partial charge on any atom is 0.250 e. The van der Waals surface area contributed by atoms with Gasteiger partial charge in [0.25, 0.3) is 5.91 Å². The first-order valence-electron chi connectivity index (χ1n) is 12.9. The second-order valence-electron chi connectivity index (χ2n) is 9.80. The number of fused-ring (bicyclic) bond motifs is 3. The topological polar surface area (TPSA) is 103 Å². The highest BCUT2D eigenvalue weighted by molar-refractivity contribution is 8.00. The van der Waals surface area contributed by atoms with Crippen LogP contribution >= 0.6 is 11.8 Å². The van der Waals surface area contributed by atoms with Crippen molar-refractivity contribution in [2.24, 2.45) is 10.2 Å². The van der Waals surface area contributed by atoms with Crippen molar-refractivity contribution in [1.29, 1.82) is 0 Å². The number of ketones is 1. The monoisotopic (exact) mass is 534 g/mol. The second kappa shape index (κ2) is 10.1. The third-order valence-corrected chi connectivity index (χ3v) is 8.58. The third-order valence-electron chi connectivity index (χ3n) is 7.23. The van der Waals surface area contributed by atoms with Crippen molar-refractivity contribution in [3.63, 3.8) is 0 Å². The molecule has 194 valence electrons. The first kappa shape index (κ1) is 25.0. The molecule has 0 fully saturated rings. The summed E-state index contributed by atoms with van der Waals surface area (Å²) in [6.45, 7) is 0.423. The molecule has 2 heterocycles. The summed E-state index contributed by atoms with van der Waals surface area (Å²) in [6.07, 6.45) is 13.2. The van der Waals surface area contributed by atoms with Crippen LogP contribution in [-0.4, -0.2) is 29.0 Å². The van der Waals surface area contributed by atoms with Gasteiger partial charge >= 0.3 is 0 Å². The maximum absolute atomic E-state index is 13.9. The predicted octanol–water partition coefficient (Wildman–Crippen LogP) is 5.75. The van der Waals surface area contributed by atoms with Gasteiger partial charge in [-0.05, 0) is 42.3 Å². The van der Waals surface area contributed by atoms with Crippen LogP contribution in [0.5, 0.6) is 5.75 Å². The van der Waals surface area contributed by atoms with Crippen molar-refractivity contribution in [3.05, 3.63) is 100 Å². The van der Waals surface area contributed by atoms with Gasteiger partial charge < -0.3 is 15.7 Å². The number of rotatable bonds is 7. The van der Waals surface area contributed by atoms with Crippen LogP contribution in [0.25, 0.3) is 0 Å². The van der Waals surface area contributed by atoms with Crippen LogP contribution in [0, 0.1) is 12.3 Å². The van der Waals surface area contributed by atoms with Gasteiger partial charge in [-0.3, -0.25) is 9.59 Å². The normalized spacial score (nSPS) is 20.1. The number of phenolic OH excluding ortho intramolecular Hbond substituents is 1. The number of nitrogens with zero attached hydrogens (tertiary/aromatic N) is 2. The number of hydrogen-bond donors (Lipinski definition) is 3. The Morgan fingerprint density at radius 2 is 2.00 bits per heavy atom. The molecular weight excluding hydrogens is 508 g/mol. The fourth-order valence-corrected chi connectivity index (χ4v) is 6.42. The number of aromatic hydroxyl groups is 1. The van der Waals surface area contributed by atoms with Gasteiger partial charge in [0.2, 0.25) is 0 Å². The smallest absolute Gasteiger partial charge is 0.250 e. The Bertz CT molecular complexity index is 1580. The number of amides is 1. The number of Topliss-reactive ketones (excluding diaryl/α,β-unsaturated/α-hetero) is 1. The molecule has 0 radical (unpaired) electrons. The lowest BCUT2D eigenvalue weighted by Gasteiger charge is -2.17. The summed E-state index contributed by atoms with van der Waals surface area (Å²) in [5.74, 6) is 2.48. The van der Waals surface area contributed by atoms with Crippen molar-refractivity contribution in [3.8, 4) is 18.1 Å². The number of thioether (sulfide) groups is 1. The van der Waals surface area contributed by atoms with Gasteiger partial charge in [-0.2, -0.15) is 10.2 Å². The SMILES string of the molecule is C#CCCC1(CCNC(=O)C2=CCC=C3C(=O)C4=C(Nc5ccccc5SC4c4cccc(O)c4)C3=C2)N=N1. The van der Waals surface area contributed by atoms with Gasteiger partial charge in [-0.1, -0.05) is 36.4 Å². The minimum Gasteiger partial charge on any atom is -0.508 e. The van der Waals surface area contributed by atoms with E-state index >= 15 is 0 Å². The zero-order chi connectivity index (χ0) is 27.0. The molecule has 4 aliphatic rings. The number of anilines is 1. The fourth-order valence-electron chi connectivity index (χ4n) is 5.14. The Hall–Kier alpha value is -4.35. The molecule has 6 rings (SSSR count). The standard InChI is InChI=1S/C31H26N4O3S/c1-2-3-14-31(34-35-31)15-16-32-30(38)20-9-7-11-22-23(18-20)27-26(28(22)37)29(19-8-6-10-21(36)17-19)39-25-13-5-4-12-24(25)33-27/h1,4-6,8-13,17-18,29,33,36H,3,7,14-16H2,(H,32,38).